The molecule has 0 radical (unpaired) electrons. The van der Waals surface area contributed by atoms with Crippen LogP contribution < -0.4 is 10.2 Å². The molecule has 4 aromatic rings. The molecule has 0 spiro atoms. The van der Waals surface area contributed by atoms with Gasteiger partial charge >= 0.3 is 6.09 Å². The molecule has 3 aromatic carbocycles. The van der Waals surface area contributed by atoms with Crippen LogP contribution in [0.5, 0.6) is 5.75 Å². The quantitative estimate of drug-likeness (QED) is 0.269. The number of nitrogens with one attached hydrogen (secondary N) is 1. The maximum absolute atomic E-state index is 12.0. The Morgan fingerprint density at radius 3 is 2.45 bits per heavy atom. The van der Waals surface area contributed by atoms with Crippen LogP contribution in [0.3, 0.4) is 0 Å². The van der Waals surface area contributed by atoms with Gasteiger partial charge in [-0.25, -0.2) is 14.8 Å². The number of alkyl carbamates (subject to hydrolysis) is 1. The second-order valence-electron chi connectivity index (χ2n) is 10.0. The van der Waals surface area contributed by atoms with Gasteiger partial charge in [-0.15, -0.1) is 0 Å². The van der Waals surface area contributed by atoms with Gasteiger partial charge < -0.3 is 25.4 Å². The van der Waals surface area contributed by atoms with Gasteiger partial charge in [-0.3, -0.25) is 4.90 Å². The number of para-hydroxylation sites is 1. The number of fused-ring (bicyclic) bond motifs is 1. The molecule has 1 aromatic heterocycles. The maximum Gasteiger partial charge on any atom is 0.407 e. The van der Waals surface area contributed by atoms with Crippen molar-refractivity contribution in [2.24, 2.45) is 0 Å². The van der Waals surface area contributed by atoms with Crippen molar-refractivity contribution in [2.75, 3.05) is 11.4 Å². The number of hydrogen-bond donors (Lipinski definition) is 4. The van der Waals surface area contributed by atoms with E-state index in [2.05, 4.69) is 15.3 Å². The van der Waals surface area contributed by atoms with Crippen molar-refractivity contribution in [3.63, 3.8) is 0 Å². The van der Waals surface area contributed by atoms with Gasteiger partial charge in [-0.2, -0.15) is 0 Å². The van der Waals surface area contributed by atoms with Crippen molar-refractivity contribution in [1.29, 1.82) is 0 Å². The van der Waals surface area contributed by atoms with Gasteiger partial charge in [0, 0.05) is 17.6 Å². The van der Waals surface area contributed by atoms with Crippen LogP contribution >= 0.6 is 0 Å². The number of aromatic nitrogens is 2. The molecule has 0 aliphatic heterocycles. The molecule has 0 fully saturated rings. The van der Waals surface area contributed by atoms with Crippen LogP contribution in [0.15, 0.2) is 73.1 Å². The van der Waals surface area contributed by atoms with Crippen molar-refractivity contribution in [2.45, 2.75) is 45.5 Å². The first-order valence-electron chi connectivity index (χ1n) is 12.3. The first-order chi connectivity index (χ1) is 18.0. The predicted octanol–water partition coefficient (Wildman–Crippen LogP) is 5.03. The van der Waals surface area contributed by atoms with E-state index in [4.69, 9.17) is 4.74 Å². The summed E-state index contributed by atoms with van der Waals surface area (Å²) in [6, 6.07) is 19.9. The normalized spacial score (nSPS) is 13.1. The zero-order chi connectivity index (χ0) is 27.4. The van der Waals surface area contributed by atoms with E-state index >= 15 is 0 Å². The Morgan fingerprint density at radius 1 is 1.03 bits per heavy atom. The lowest BCUT2D eigenvalue weighted by Gasteiger charge is -2.27. The molecule has 2 atom stereocenters. The Kier molecular flexibility index (Phi) is 7.80. The van der Waals surface area contributed by atoms with Gasteiger partial charge in [0.05, 0.1) is 11.2 Å². The van der Waals surface area contributed by atoms with Gasteiger partial charge in [-0.05, 0) is 81.3 Å². The number of rotatable bonds is 7. The molecule has 0 bridgehead atoms. The summed E-state index contributed by atoms with van der Waals surface area (Å²) in [6.45, 7) is 6.92. The number of carbonyl (C=O) groups is 1. The lowest BCUT2D eigenvalue weighted by Crippen LogP contribution is -2.38. The summed E-state index contributed by atoms with van der Waals surface area (Å²) in [5, 5.41) is 34.6. The highest BCUT2D eigenvalue weighted by Crippen LogP contribution is 2.39. The topological polar surface area (TPSA) is 128 Å². The molecule has 0 aliphatic rings. The van der Waals surface area contributed by atoms with Crippen molar-refractivity contribution in [1.82, 2.24) is 15.3 Å². The second kappa shape index (κ2) is 11.0. The molecular weight excluding hydrogens is 484 g/mol. The molecule has 38 heavy (non-hydrogen) atoms. The van der Waals surface area contributed by atoms with Crippen molar-refractivity contribution >= 4 is 34.2 Å². The van der Waals surface area contributed by atoms with Crippen LogP contribution in [0.1, 0.15) is 38.0 Å². The number of aliphatic hydroxyl groups is 2. The Hall–Kier alpha value is -4.21. The van der Waals surface area contributed by atoms with Crippen molar-refractivity contribution in [3.8, 4) is 5.75 Å². The molecule has 4 N–H and O–H groups in total. The number of amides is 1. The molecule has 1 amide bonds. The highest BCUT2D eigenvalue weighted by molar-refractivity contribution is 5.95. The van der Waals surface area contributed by atoms with Gasteiger partial charge in [0.15, 0.2) is 0 Å². The third-order valence-corrected chi connectivity index (χ3v) is 5.85. The van der Waals surface area contributed by atoms with E-state index in [1.54, 1.807) is 51.1 Å². The number of ether oxygens (including phenoxy) is 1. The van der Waals surface area contributed by atoms with E-state index in [1.807, 2.05) is 48.2 Å². The Labute approximate surface area is 221 Å². The number of anilines is 3. The lowest BCUT2D eigenvalue weighted by molar-refractivity contribution is 0.0130. The summed E-state index contributed by atoms with van der Waals surface area (Å²) < 4.78 is 5.19. The molecular formula is C29H32N4O5. The highest BCUT2D eigenvalue weighted by atomic mass is 16.6. The van der Waals surface area contributed by atoms with Gasteiger partial charge in [-0.1, -0.05) is 24.3 Å². The third kappa shape index (κ3) is 6.19. The van der Waals surface area contributed by atoms with Crippen LogP contribution in [0.4, 0.5) is 22.0 Å². The van der Waals surface area contributed by atoms with Crippen molar-refractivity contribution < 1.29 is 24.9 Å². The van der Waals surface area contributed by atoms with E-state index in [0.717, 1.165) is 16.9 Å². The lowest BCUT2D eigenvalue weighted by atomic mass is 10.0. The number of phenols is 1. The molecule has 198 valence electrons. The number of hydrogen-bond acceptors (Lipinski definition) is 8. The smallest absolute Gasteiger partial charge is 0.407 e. The van der Waals surface area contributed by atoms with Gasteiger partial charge in [0.25, 0.3) is 0 Å². The van der Waals surface area contributed by atoms with Gasteiger partial charge in [0.2, 0.25) is 0 Å². The minimum Gasteiger partial charge on any atom is -0.508 e. The molecule has 4 rings (SSSR count). The SMILES string of the molecule is Cc1cc(O)ccc1N(c1ccccc1)c1ncnc2ccc(C(O)C(O)CNC(=O)OC(C)(C)C)cc12. The summed E-state index contributed by atoms with van der Waals surface area (Å²) in [5.41, 5.74) is 2.88. The Balaban J connectivity index is 1.71. The third-order valence-electron chi connectivity index (χ3n) is 5.85. The number of aliphatic hydroxyl groups excluding tert-OH is 2. The number of carbonyl (C=O) groups excluding carboxylic acids is 1. The average molecular weight is 517 g/mol. The number of aromatic hydroxyl groups is 1. The zero-order valence-electron chi connectivity index (χ0n) is 21.8. The summed E-state index contributed by atoms with van der Waals surface area (Å²) >= 11 is 0. The van der Waals surface area contributed by atoms with Crippen LogP contribution in [0.2, 0.25) is 0 Å². The fourth-order valence-corrected chi connectivity index (χ4v) is 4.10. The summed E-state index contributed by atoms with van der Waals surface area (Å²) in [6.07, 6.45) is -1.78. The molecule has 1 heterocycles. The summed E-state index contributed by atoms with van der Waals surface area (Å²) in [4.78, 5) is 22.9. The van der Waals surface area contributed by atoms with Crippen molar-refractivity contribution in [3.05, 3.63) is 84.2 Å². The summed E-state index contributed by atoms with van der Waals surface area (Å²) in [5.74, 6) is 0.719. The number of aryl methyl sites for hydroxylation is 1. The Bertz CT molecular complexity index is 1420. The van der Waals surface area contributed by atoms with Gasteiger partial charge in [0.1, 0.15) is 35.7 Å². The maximum atomic E-state index is 12.0. The fraction of sp³-hybridized carbons (Fsp3) is 0.276. The van der Waals surface area contributed by atoms with E-state index in [9.17, 15) is 20.1 Å². The average Bonchev–Trinajstić information content (AvgIpc) is 2.87. The minimum atomic E-state index is -1.29. The largest absolute Gasteiger partial charge is 0.508 e. The van der Waals surface area contributed by atoms with Crippen LogP contribution in [-0.4, -0.2) is 49.6 Å². The van der Waals surface area contributed by atoms with E-state index in [-0.39, 0.29) is 12.3 Å². The first kappa shape index (κ1) is 26.8. The fourth-order valence-electron chi connectivity index (χ4n) is 4.10. The first-order valence-corrected chi connectivity index (χ1v) is 12.3. The minimum absolute atomic E-state index is 0.159. The van der Waals surface area contributed by atoms with E-state index < -0.39 is 23.9 Å². The molecule has 0 saturated heterocycles. The Morgan fingerprint density at radius 2 is 1.76 bits per heavy atom. The molecule has 0 aliphatic carbocycles. The zero-order valence-corrected chi connectivity index (χ0v) is 21.8. The van der Waals surface area contributed by atoms with Crippen LogP contribution in [0, 0.1) is 6.92 Å². The standard InChI is InChI=1S/C29H32N4O5/c1-18-14-21(34)11-13-24(18)33(20-8-6-5-7-9-20)27-22-15-19(10-12-23(22)31-17-32-27)26(36)25(35)16-30-28(37)38-29(2,3)4/h5-15,17,25-26,34-36H,16H2,1-4H3,(H,30,37). The second-order valence-corrected chi connectivity index (χ2v) is 10.0. The monoisotopic (exact) mass is 516 g/mol. The molecule has 9 heteroatoms. The number of benzene rings is 3. The molecule has 0 saturated carbocycles. The van der Waals surface area contributed by atoms with E-state index in [1.165, 1.54) is 6.33 Å². The highest BCUT2D eigenvalue weighted by Gasteiger charge is 2.24. The summed E-state index contributed by atoms with van der Waals surface area (Å²) in [7, 11) is 0. The number of phenolic OH excluding ortho intramolecular Hbond substituents is 1. The number of nitrogens with zero attached hydrogens (tertiary/aromatic N) is 3. The molecule has 2 unspecified atom stereocenters. The molecule has 9 nitrogen and oxygen atoms in total. The predicted molar refractivity (Wildman–Crippen MR) is 146 cm³/mol. The van der Waals surface area contributed by atoms with E-state index in [0.29, 0.717) is 22.3 Å². The van der Waals surface area contributed by atoms with Crippen LogP contribution in [-0.2, 0) is 4.74 Å². The van der Waals surface area contributed by atoms with Crippen LogP contribution in [0.25, 0.3) is 10.9 Å².